The number of carbonyl (C=O) groups is 2. The number of aryl methyl sites for hydroxylation is 1. The highest BCUT2D eigenvalue weighted by atomic mass is 16.5. The molecule has 3 aliphatic heterocycles. The average Bonchev–Trinajstić information content (AvgIpc) is 3.23. The number of aliphatic carboxylic acids is 1. The number of rotatable bonds is 4. The van der Waals surface area contributed by atoms with Gasteiger partial charge in [0.1, 0.15) is 6.10 Å². The van der Waals surface area contributed by atoms with Crippen LogP contribution in [0.2, 0.25) is 0 Å². The molecule has 1 spiro atoms. The molecule has 184 valence electrons. The molecule has 2 atom stereocenters. The fourth-order valence-electron chi connectivity index (χ4n) is 7.95. The molecule has 34 heavy (non-hydrogen) atoms. The summed E-state index contributed by atoms with van der Waals surface area (Å²) in [6.45, 7) is 3.11. The lowest BCUT2D eigenvalue weighted by molar-refractivity contribution is -0.150. The van der Waals surface area contributed by atoms with Crippen molar-refractivity contribution >= 4 is 17.6 Å². The molecule has 2 aliphatic carbocycles. The van der Waals surface area contributed by atoms with Gasteiger partial charge in [-0.25, -0.2) is 0 Å². The number of hydrogen-bond donors (Lipinski definition) is 2. The standard InChI is InChI=1S/C28H38N2O4/c31-25(24-4-2-16-34-24)30-14-11-27(12-15-30)18-28(27,26(32)33)22-9-7-19(8-10-22)21-6-5-20-3-1-13-29-23(20)17-21/h5-6,17,19,22,24,29H,1-4,7-16,18H2,(H,32,33)/t19?,22?,24-,28+/m1/s1. The predicted molar refractivity (Wildman–Crippen MR) is 130 cm³/mol. The van der Waals surface area contributed by atoms with Gasteiger partial charge in [-0.05, 0) is 105 Å². The lowest BCUT2D eigenvalue weighted by Gasteiger charge is -2.39. The highest BCUT2D eigenvalue weighted by Crippen LogP contribution is 2.74. The molecule has 3 heterocycles. The van der Waals surface area contributed by atoms with Crippen LogP contribution < -0.4 is 5.32 Å². The van der Waals surface area contributed by atoms with Crippen LogP contribution in [0.4, 0.5) is 5.69 Å². The molecule has 2 saturated carbocycles. The monoisotopic (exact) mass is 466 g/mol. The summed E-state index contributed by atoms with van der Waals surface area (Å²) in [4.78, 5) is 27.4. The van der Waals surface area contributed by atoms with Crippen LogP contribution >= 0.6 is 0 Å². The molecule has 2 N–H and O–H groups in total. The molecule has 0 bridgehead atoms. The molecular formula is C28H38N2O4. The number of anilines is 1. The SMILES string of the molecule is O=C([C@H]1CCCO1)N1CCC2(CC1)C[C@@]2(C(=O)O)C1CCC(c2ccc3c(c2)NCCC3)CC1. The third-order valence-electron chi connectivity index (χ3n) is 10.0. The zero-order valence-electron chi connectivity index (χ0n) is 20.2. The van der Waals surface area contributed by atoms with Gasteiger partial charge in [-0.1, -0.05) is 12.1 Å². The molecule has 0 unspecified atom stereocenters. The number of likely N-dealkylation sites (tertiary alicyclic amines) is 1. The van der Waals surface area contributed by atoms with Gasteiger partial charge in [-0.15, -0.1) is 0 Å². The van der Waals surface area contributed by atoms with Crippen LogP contribution in [-0.4, -0.2) is 54.2 Å². The number of ether oxygens (including phenoxy) is 1. The summed E-state index contributed by atoms with van der Waals surface area (Å²) in [7, 11) is 0. The van der Waals surface area contributed by atoms with Crippen molar-refractivity contribution in [3.63, 3.8) is 0 Å². The summed E-state index contributed by atoms with van der Waals surface area (Å²) in [5, 5.41) is 14.0. The van der Waals surface area contributed by atoms with E-state index in [9.17, 15) is 14.7 Å². The number of benzene rings is 1. The summed E-state index contributed by atoms with van der Waals surface area (Å²) in [6.07, 6.45) is 10.5. The Hall–Kier alpha value is -2.08. The Morgan fingerprint density at radius 2 is 1.85 bits per heavy atom. The van der Waals surface area contributed by atoms with Gasteiger partial charge in [0, 0.05) is 31.9 Å². The first-order chi connectivity index (χ1) is 16.5. The molecule has 6 nitrogen and oxygen atoms in total. The van der Waals surface area contributed by atoms with Gasteiger partial charge < -0.3 is 20.1 Å². The van der Waals surface area contributed by atoms with Crippen molar-refractivity contribution in [3.8, 4) is 0 Å². The number of amides is 1. The number of nitrogens with zero attached hydrogens (tertiary/aromatic N) is 1. The Balaban J connectivity index is 1.10. The second-order valence-corrected chi connectivity index (χ2v) is 11.6. The van der Waals surface area contributed by atoms with Crippen molar-refractivity contribution in [2.24, 2.45) is 16.7 Å². The minimum Gasteiger partial charge on any atom is -0.481 e. The second kappa shape index (κ2) is 8.54. The number of carboxylic acid groups (broad SMARTS) is 1. The van der Waals surface area contributed by atoms with Crippen molar-refractivity contribution in [2.45, 2.75) is 82.7 Å². The van der Waals surface area contributed by atoms with Crippen LogP contribution in [0.25, 0.3) is 0 Å². The molecule has 1 aromatic rings. The van der Waals surface area contributed by atoms with E-state index in [1.165, 1.54) is 23.2 Å². The number of fused-ring (bicyclic) bond motifs is 1. The highest BCUT2D eigenvalue weighted by molar-refractivity contribution is 5.82. The van der Waals surface area contributed by atoms with Crippen molar-refractivity contribution in [1.82, 2.24) is 4.90 Å². The van der Waals surface area contributed by atoms with Crippen LogP contribution in [0, 0.1) is 16.7 Å². The van der Waals surface area contributed by atoms with Gasteiger partial charge >= 0.3 is 5.97 Å². The summed E-state index contributed by atoms with van der Waals surface area (Å²) in [5.74, 6) is 0.330. The zero-order valence-corrected chi connectivity index (χ0v) is 20.2. The van der Waals surface area contributed by atoms with E-state index >= 15 is 0 Å². The van der Waals surface area contributed by atoms with Gasteiger partial charge in [0.05, 0.1) is 5.41 Å². The third-order valence-corrected chi connectivity index (χ3v) is 10.0. The van der Waals surface area contributed by atoms with E-state index in [4.69, 9.17) is 4.74 Å². The normalized spacial score (nSPS) is 34.4. The molecule has 1 amide bonds. The third kappa shape index (κ3) is 3.55. The second-order valence-electron chi connectivity index (χ2n) is 11.6. The molecule has 0 aromatic heterocycles. The zero-order chi connectivity index (χ0) is 23.3. The van der Waals surface area contributed by atoms with E-state index in [-0.39, 0.29) is 23.3 Å². The van der Waals surface area contributed by atoms with E-state index in [1.54, 1.807) is 0 Å². The molecule has 6 heteroatoms. The number of carbonyl (C=O) groups excluding carboxylic acids is 1. The van der Waals surface area contributed by atoms with Gasteiger partial charge in [0.2, 0.25) is 0 Å². The first-order valence-electron chi connectivity index (χ1n) is 13.5. The van der Waals surface area contributed by atoms with E-state index < -0.39 is 11.4 Å². The fourth-order valence-corrected chi connectivity index (χ4v) is 7.95. The van der Waals surface area contributed by atoms with E-state index in [2.05, 4.69) is 23.5 Å². The number of carboxylic acids is 1. The highest BCUT2D eigenvalue weighted by Gasteiger charge is 2.74. The summed E-state index contributed by atoms with van der Waals surface area (Å²) >= 11 is 0. The minimum absolute atomic E-state index is 0.112. The maximum Gasteiger partial charge on any atom is 0.310 e. The Bertz CT molecular complexity index is 955. The van der Waals surface area contributed by atoms with E-state index in [0.29, 0.717) is 25.6 Å². The largest absolute Gasteiger partial charge is 0.481 e. The maximum atomic E-state index is 12.8. The minimum atomic E-state index is -0.590. The topological polar surface area (TPSA) is 78.9 Å². The van der Waals surface area contributed by atoms with Crippen LogP contribution in [0.5, 0.6) is 0 Å². The Morgan fingerprint density at radius 3 is 2.56 bits per heavy atom. The Morgan fingerprint density at radius 1 is 1.06 bits per heavy atom. The fraction of sp³-hybridized carbons (Fsp3) is 0.714. The van der Waals surface area contributed by atoms with Crippen molar-refractivity contribution in [3.05, 3.63) is 29.3 Å². The van der Waals surface area contributed by atoms with Crippen molar-refractivity contribution < 1.29 is 19.4 Å². The molecule has 6 rings (SSSR count). The maximum absolute atomic E-state index is 12.8. The lowest BCUT2D eigenvalue weighted by Crippen LogP contribution is -2.46. The number of hydrogen-bond acceptors (Lipinski definition) is 4. The van der Waals surface area contributed by atoms with Crippen LogP contribution in [0.1, 0.15) is 81.3 Å². The Labute approximate surface area is 202 Å². The molecule has 4 fully saturated rings. The number of piperidine rings is 1. The van der Waals surface area contributed by atoms with Gasteiger partial charge in [0.25, 0.3) is 5.91 Å². The lowest BCUT2D eigenvalue weighted by atomic mass is 9.68. The summed E-state index contributed by atoms with van der Waals surface area (Å²) < 4.78 is 5.60. The summed E-state index contributed by atoms with van der Waals surface area (Å²) in [6, 6.07) is 6.96. The van der Waals surface area contributed by atoms with Crippen LogP contribution in [-0.2, 0) is 20.7 Å². The van der Waals surface area contributed by atoms with Crippen LogP contribution in [0.3, 0.4) is 0 Å². The molecular weight excluding hydrogens is 428 g/mol. The molecule has 0 radical (unpaired) electrons. The van der Waals surface area contributed by atoms with Gasteiger partial charge in [-0.3, -0.25) is 9.59 Å². The van der Waals surface area contributed by atoms with Crippen molar-refractivity contribution in [2.75, 3.05) is 31.6 Å². The Kier molecular flexibility index (Phi) is 5.63. The van der Waals surface area contributed by atoms with Gasteiger partial charge in [0.15, 0.2) is 0 Å². The molecule has 5 aliphatic rings. The molecule has 1 aromatic carbocycles. The van der Waals surface area contributed by atoms with Gasteiger partial charge in [-0.2, -0.15) is 0 Å². The number of nitrogens with one attached hydrogen (secondary N) is 1. The first kappa shape index (κ1) is 22.4. The van der Waals surface area contributed by atoms with Crippen LogP contribution in [0.15, 0.2) is 18.2 Å². The first-order valence-corrected chi connectivity index (χ1v) is 13.5. The van der Waals surface area contributed by atoms with E-state index in [0.717, 1.165) is 70.8 Å². The quantitative estimate of drug-likeness (QED) is 0.679. The summed E-state index contributed by atoms with van der Waals surface area (Å²) in [5.41, 5.74) is 3.46. The van der Waals surface area contributed by atoms with Crippen molar-refractivity contribution in [1.29, 1.82) is 0 Å². The smallest absolute Gasteiger partial charge is 0.310 e. The average molecular weight is 467 g/mol. The molecule has 2 saturated heterocycles. The predicted octanol–water partition coefficient (Wildman–Crippen LogP) is 4.58. The van der Waals surface area contributed by atoms with E-state index in [1.807, 2.05) is 4.90 Å².